The van der Waals surface area contributed by atoms with E-state index in [4.69, 9.17) is 0 Å². The van der Waals surface area contributed by atoms with Crippen molar-refractivity contribution in [2.75, 3.05) is 39.3 Å². The Bertz CT molecular complexity index is 421. The molecule has 0 bridgehead atoms. The minimum absolute atomic E-state index is 0. The van der Waals surface area contributed by atoms with Crippen LogP contribution >= 0.6 is 28.3 Å². The second-order valence-corrected chi connectivity index (χ2v) is 6.01. The molecule has 2 rings (SSSR count). The number of amides is 1. The van der Waals surface area contributed by atoms with E-state index in [1.165, 1.54) is 0 Å². The van der Waals surface area contributed by atoms with Gasteiger partial charge in [0.15, 0.2) is 0 Å². The summed E-state index contributed by atoms with van der Waals surface area (Å²) in [5, 5.41) is 6.33. The van der Waals surface area contributed by atoms with Crippen molar-refractivity contribution in [3.63, 3.8) is 0 Å². The van der Waals surface area contributed by atoms with E-state index in [0.717, 1.165) is 55.7 Å². The van der Waals surface area contributed by atoms with Crippen LogP contribution in [0, 0.1) is 0 Å². The maximum Gasteiger partial charge on any atom is 0.224 e. The van der Waals surface area contributed by atoms with E-state index in [2.05, 4.69) is 31.5 Å². The fourth-order valence-electron chi connectivity index (χ4n) is 2.32. The molecule has 118 valence electrons. The summed E-state index contributed by atoms with van der Waals surface area (Å²) < 4.78 is 1.04. The van der Waals surface area contributed by atoms with Gasteiger partial charge in [0.25, 0.3) is 0 Å². The average Bonchev–Trinajstić information content (AvgIpc) is 2.47. The van der Waals surface area contributed by atoms with Crippen molar-refractivity contribution in [1.82, 2.24) is 15.5 Å². The van der Waals surface area contributed by atoms with Crippen molar-refractivity contribution in [2.45, 2.75) is 12.8 Å². The van der Waals surface area contributed by atoms with E-state index in [0.29, 0.717) is 6.42 Å². The molecule has 2 N–H and O–H groups in total. The van der Waals surface area contributed by atoms with Gasteiger partial charge >= 0.3 is 0 Å². The molecule has 1 aromatic rings. The quantitative estimate of drug-likeness (QED) is 0.745. The molecule has 0 radical (unpaired) electrons. The summed E-state index contributed by atoms with van der Waals surface area (Å²) in [5.74, 6) is 0.104. The molecular weight excluding hydrogens is 354 g/mol. The lowest BCUT2D eigenvalue weighted by atomic mass is 10.1. The summed E-state index contributed by atoms with van der Waals surface area (Å²) in [6.07, 6.45) is 1.48. The fraction of sp³-hybridized carbons (Fsp3) is 0.533. The van der Waals surface area contributed by atoms with Crippen LogP contribution in [-0.2, 0) is 11.2 Å². The van der Waals surface area contributed by atoms with Gasteiger partial charge in [-0.05, 0) is 30.7 Å². The number of hydrogen-bond donors (Lipinski definition) is 2. The van der Waals surface area contributed by atoms with Gasteiger partial charge in [-0.3, -0.25) is 4.79 Å². The van der Waals surface area contributed by atoms with Crippen LogP contribution in [0.3, 0.4) is 0 Å². The molecule has 0 aliphatic carbocycles. The van der Waals surface area contributed by atoms with Gasteiger partial charge in [-0.2, -0.15) is 0 Å². The number of halogens is 2. The lowest BCUT2D eigenvalue weighted by Crippen LogP contribution is -2.44. The standard InChI is InChI=1S/C15H22BrN3O.ClH/c16-14-4-2-13(3-5-14)12-15(20)18-6-1-9-19-10-7-17-8-11-19;/h2-5,17H,1,6-12H2,(H,18,20);1H. The van der Waals surface area contributed by atoms with Crippen molar-refractivity contribution < 1.29 is 4.79 Å². The van der Waals surface area contributed by atoms with Gasteiger partial charge in [-0.15, -0.1) is 12.4 Å². The van der Waals surface area contributed by atoms with Crippen LogP contribution in [0.15, 0.2) is 28.7 Å². The summed E-state index contributed by atoms with van der Waals surface area (Å²) in [5.41, 5.74) is 1.05. The molecule has 1 amide bonds. The summed E-state index contributed by atoms with van der Waals surface area (Å²) in [6, 6.07) is 7.88. The Morgan fingerprint density at radius 1 is 1.24 bits per heavy atom. The fourth-order valence-corrected chi connectivity index (χ4v) is 2.58. The maximum atomic E-state index is 11.8. The first-order chi connectivity index (χ1) is 9.74. The Hall–Kier alpha value is -0.620. The molecule has 21 heavy (non-hydrogen) atoms. The highest BCUT2D eigenvalue weighted by molar-refractivity contribution is 9.10. The molecule has 1 aromatic carbocycles. The molecule has 0 unspecified atom stereocenters. The van der Waals surface area contributed by atoms with Crippen LogP contribution in [0.1, 0.15) is 12.0 Å². The van der Waals surface area contributed by atoms with Crippen LogP contribution in [0.5, 0.6) is 0 Å². The first-order valence-electron chi connectivity index (χ1n) is 7.18. The van der Waals surface area contributed by atoms with Crippen molar-refractivity contribution in [1.29, 1.82) is 0 Å². The van der Waals surface area contributed by atoms with E-state index in [9.17, 15) is 4.79 Å². The van der Waals surface area contributed by atoms with Gasteiger partial charge < -0.3 is 15.5 Å². The SMILES string of the molecule is Cl.O=C(Cc1ccc(Br)cc1)NCCCN1CCNCC1. The van der Waals surface area contributed by atoms with Crippen molar-refractivity contribution >= 4 is 34.2 Å². The predicted molar refractivity (Wildman–Crippen MR) is 92.0 cm³/mol. The third-order valence-electron chi connectivity index (χ3n) is 3.46. The molecule has 1 fully saturated rings. The topological polar surface area (TPSA) is 44.4 Å². The van der Waals surface area contributed by atoms with Crippen molar-refractivity contribution in [3.8, 4) is 0 Å². The third kappa shape index (κ3) is 7.27. The number of nitrogens with one attached hydrogen (secondary N) is 2. The number of carbonyl (C=O) groups excluding carboxylic acids is 1. The van der Waals surface area contributed by atoms with Gasteiger partial charge in [0, 0.05) is 37.2 Å². The Morgan fingerprint density at radius 3 is 2.57 bits per heavy atom. The van der Waals surface area contributed by atoms with Gasteiger partial charge in [-0.25, -0.2) is 0 Å². The minimum atomic E-state index is 0. The molecule has 1 aliphatic rings. The number of benzene rings is 1. The maximum absolute atomic E-state index is 11.8. The normalized spacial score (nSPS) is 15.3. The lowest BCUT2D eigenvalue weighted by molar-refractivity contribution is -0.120. The Labute approximate surface area is 141 Å². The van der Waals surface area contributed by atoms with Crippen LogP contribution in [0.2, 0.25) is 0 Å². The van der Waals surface area contributed by atoms with Crippen LogP contribution in [0.4, 0.5) is 0 Å². The largest absolute Gasteiger partial charge is 0.356 e. The molecule has 1 aliphatic heterocycles. The zero-order chi connectivity index (χ0) is 14.2. The second kappa shape index (κ2) is 10.2. The Balaban J connectivity index is 0.00000220. The monoisotopic (exact) mass is 375 g/mol. The van der Waals surface area contributed by atoms with E-state index in [1.807, 2.05) is 24.3 Å². The summed E-state index contributed by atoms with van der Waals surface area (Å²) in [7, 11) is 0. The lowest BCUT2D eigenvalue weighted by Gasteiger charge is -2.27. The van der Waals surface area contributed by atoms with Gasteiger partial charge in [0.1, 0.15) is 0 Å². The molecule has 0 atom stereocenters. The number of nitrogens with zero attached hydrogens (tertiary/aromatic N) is 1. The molecule has 1 heterocycles. The zero-order valence-corrected chi connectivity index (χ0v) is 14.5. The van der Waals surface area contributed by atoms with Crippen LogP contribution in [0.25, 0.3) is 0 Å². The smallest absolute Gasteiger partial charge is 0.224 e. The highest BCUT2D eigenvalue weighted by Gasteiger charge is 2.08. The summed E-state index contributed by atoms with van der Waals surface area (Å²) in [4.78, 5) is 14.2. The van der Waals surface area contributed by atoms with Crippen LogP contribution in [-0.4, -0.2) is 50.1 Å². The zero-order valence-electron chi connectivity index (χ0n) is 12.1. The van der Waals surface area contributed by atoms with Gasteiger partial charge in [-0.1, -0.05) is 28.1 Å². The molecule has 4 nitrogen and oxygen atoms in total. The van der Waals surface area contributed by atoms with E-state index in [1.54, 1.807) is 0 Å². The molecular formula is C15H23BrClN3O. The Morgan fingerprint density at radius 2 is 1.90 bits per heavy atom. The van der Waals surface area contributed by atoms with Crippen molar-refractivity contribution in [2.24, 2.45) is 0 Å². The number of carbonyl (C=O) groups is 1. The van der Waals surface area contributed by atoms with Crippen molar-refractivity contribution in [3.05, 3.63) is 34.3 Å². The minimum Gasteiger partial charge on any atom is -0.356 e. The third-order valence-corrected chi connectivity index (χ3v) is 3.99. The molecule has 0 saturated carbocycles. The molecule has 0 aromatic heterocycles. The van der Waals surface area contributed by atoms with Crippen LogP contribution < -0.4 is 10.6 Å². The van der Waals surface area contributed by atoms with Gasteiger partial charge in [0.2, 0.25) is 5.91 Å². The predicted octanol–water partition coefficient (Wildman–Crippen LogP) is 1.82. The highest BCUT2D eigenvalue weighted by atomic mass is 79.9. The summed E-state index contributed by atoms with van der Waals surface area (Å²) in [6.45, 7) is 6.23. The molecule has 0 spiro atoms. The molecule has 6 heteroatoms. The average molecular weight is 377 g/mol. The number of rotatable bonds is 6. The Kier molecular flexibility index (Phi) is 8.92. The first kappa shape index (κ1) is 18.4. The van der Waals surface area contributed by atoms with E-state index >= 15 is 0 Å². The number of piperazine rings is 1. The van der Waals surface area contributed by atoms with Gasteiger partial charge in [0.05, 0.1) is 6.42 Å². The van der Waals surface area contributed by atoms with E-state index in [-0.39, 0.29) is 18.3 Å². The summed E-state index contributed by atoms with van der Waals surface area (Å²) >= 11 is 3.39. The molecule has 1 saturated heterocycles. The van der Waals surface area contributed by atoms with E-state index < -0.39 is 0 Å². The highest BCUT2D eigenvalue weighted by Crippen LogP contribution is 2.10. The second-order valence-electron chi connectivity index (χ2n) is 5.10. The first-order valence-corrected chi connectivity index (χ1v) is 7.97. The number of hydrogen-bond acceptors (Lipinski definition) is 3.